The molecule has 2 aromatic heterocycles. The van der Waals surface area contributed by atoms with Crippen LogP contribution in [0.4, 0.5) is 34.1 Å². The molecule has 0 saturated carbocycles. The van der Waals surface area contributed by atoms with E-state index in [1.807, 2.05) is 45.9 Å². The van der Waals surface area contributed by atoms with Crippen LogP contribution in [-0.4, -0.2) is 34.1 Å². The normalized spacial score (nSPS) is 12.5. The Balaban J connectivity index is 1.41. The van der Waals surface area contributed by atoms with Crippen LogP contribution in [0.5, 0.6) is 11.6 Å². The van der Waals surface area contributed by atoms with Crippen molar-refractivity contribution in [1.82, 2.24) is 9.38 Å². The van der Waals surface area contributed by atoms with Crippen LogP contribution in [0.1, 0.15) is 50.8 Å². The molecule has 0 aliphatic heterocycles. The van der Waals surface area contributed by atoms with Crippen LogP contribution < -0.4 is 4.74 Å². The summed E-state index contributed by atoms with van der Waals surface area (Å²) in [7, 11) is -4.71. The Morgan fingerprint density at radius 1 is 0.849 bits per heavy atom. The molecule has 15 heteroatoms. The van der Waals surface area contributed by atoms with Crippen LogP contribution in [0, 0.1) is 18.3 Å². The minimum Gasteiger partial charge on any atom is -0.493 e. The molecule has 0 amide bonds. The first-order valence-corrected chi connectivity index (χ1v) is 18.0. The second kappa shape index (κ2) is 14.7. The van der Waals surface area contributed by atoms with Gasteiger partial charge in [-0.2, -0.15) is 29.0 Å². The molecule has 6 aromatic rings. The van der Waals surface area contributed by atoms with Crippen molar-refractivity contribution in [2.24, 2.45) is 30.7 Å². The second-order valence-electron chi connectivity index (χ2n) is 13.1. The average Bonchev–Trinajstić information content (AvgIpc) is 3.52. The van der Waals surface area contributed by atoms with Gasteiger partial charge in [0.05, 0.1) is 34.7 Å². The van der Waals surface area contributed by atoms with Gasteiger partial charge in [0.1, 0.15) is 33.7 Å². The molecule has 0 saturated heterocycles. The minimum atomic E-state index is -4.71. The van der Waals surface area contributed by atoms with Crippen LogP contribution >= 0.6 is 0 Å². The molecule has 6 rings (SSSR count). The highest BCUT2D eigenvalue weighted by Crippen LogP contribution is 2.45. The molecule has 0 bridgehead atoms. The number of azo groups is 3. The number of nitrogens with zero attached hydrogens (tertiary/aromatic N) is 9. The third kappa shape index (κ3) is 7.64. The number of aromatic nitrogens is 2. The third-order valence-corrected chi connectivity index (χ3v) is 8.96. The van der Waals surface area contributed by atoms with E-state index in [2.05, 4.69) is 41.7 Å². The highest BCUT2D eigenvalue weighted by atomic mass is 32.2. The van der Waals surface area contributed by atoms with Crippen molar-refractivity contribution >= 4 is 60.9 Å². The largest absolute Gasteiger partial charge is 0.493 e. The van der Waals surface area contributed by atoms with E-state index in [0.717, 1.165) is 6.07 Å². The van der Waals surface area contributed by atoms with Crippen LogP contribution in [0.15, 0.2) is 121 Å². The third-order valence-electron chi connectivity index (χ3n) is 8.08. The van der Waals surface area contributed by atoms with Gasteiger partial charge in [-0.15, -0.1) is 15.3 Å². The summed E-state index contributed by atoms with van der Waals surface area (Å²) in [5.41, 5.74) is 3.61. The number of nitriles is 1. The van der Waals surface area contributed by atoms with E-state index in [1.54, 1.807) is 55.5 Å². The SMILES string of the molecule is CCCOc1cc(N=Nc2ccc(N=Nc3ccccc3)cc2S(=O)(=O)O)c(C)cc1N=Nc1c(C(C)(C)C)c(C#N)c2nc3ccccc3n2c1O. The summed E-state index contributed by atoms with van der Waals surface area (Å²) in [6.07, 6.45) is 0.678. The molecule has 0 unspecified atom stereocenters. The summed E-state index contributed by atoms with van der Waals surface area (Å²) in [5, 5.41) is 47.7. The van der Waals surface area contributed by atoms with Crippen molar-refractivity contribution < 1.29 is 22.8 Å². The Labute approximate surface area is 305 Å². The minimum absolute atomic E-state index is 0.108. The van der Waals surface area contributed by atoms with Gasteiger partial charge >= 0.3 is 0 Å². The molecule has 268 valence electrons. The molecule has 0 spiro atoms. The number of pyridine rings is 1. The van der Waals surface area contributed by atoms with Gasteiger partial charge in [0.15, 0.2) is 11.3 Å². The maximum Gasteiger partial charge on any atom is 0.296 e. The van der Waals surface area contributed by atoms with Gasteiger partial charge in [0.2, 0.25) is 5.88 Å². The topological polar surface area (TPSA) is 199 Å². The van der Waals surface area contributed by atoms with Gasteiger partial charge in [-0.05, 0) is 72.9 Å². The number of imidazole rings is 1. The van der Waals surface area contributed by atoms with Crippen molar-refractivity contribution in [3.8, 4) is 17.7 Å². The van der Waals surface area contributed by atoms with E-state index in [1.165, 1.54) is 16.5 Å². The standard InChI is InChI=1S/C38H35N9O5S/c1-6-18-52-32-21-29(44-43-28-17-16-25(20-33(28)53(49,50)51)42-41-24-12-8-7-9-13-24)23(2)19-30(32)45-46-35-34(38(3,4)5)26(22-39)36-40-27-14-10-11-15-31(27)47(36)37(35)48/h7-17,19-21,48H,6,18H2,1-5H3,(H,49,50,51). The first kappa shape index (κ1) is 36.4. The summed E-state index contributed by atoms with van der Waals surface area (Å²) >= 11 is 0. The lowest BCUT2D eigenvalue weighted by atomic mass is 9.83. The lowest BCUT2D eigenvalue weighted by Gasteiger charge is -2.23. The Hall–Kier alpha value is -6.37. The summed E-state index contributed by atoms with van der Waals surface area (Å²) in [6.45, 7) is 9.77. The number of fused-ring (bicyclic) bond motifs is 3. The summed E-state index contributed by atoms with van der Waals surface area (Å²) < 4.78 is 42.2. The highest BCUT2D eigenvalue weighted by Gasteiger charge is 2.30. The summed E-state index contributed by atoms with van der Waals surface area (Å²) in [5.74, 6) is 0.0787. The van der Waals surface area contributed by atoms with E-state index in [-0.39, 0.29) is 28.5 Å². The highest BCUT2D eigenvalue weighted by molar-refractivity contribution is 7.86. The number of ether oxygens (including phenoxy) is 1. The zero-order valence-electron chi connectivity index (χ0n) is 29.5. The molecular formula is C38H35N9O5S. The van der Waals surface area contributed by atoms with Crippen molar-refractivity contribution in [3.05, 3.63) is 102 Å². The molecule has 14 nitrogen and oxygen atoms in total. The molecule has 53 heavy (non-hydrogen) atoms. The smallest absolute Gasteiger partial charge is 0.296 e. The summed E-state index contributed by atoms with van der Waals surface area (Å²) in [6, 6.07) is 25.7. The number of aromatic hydroxyl groups is 1. The van der Waals surface area contributed by atoms with Crippen molar-refractivity contribution in [3.63, 3.8) is 0 Å². The first-order valence-electron chi connectivity index (χ1n) is 16.6. The van der Waals surface area contributed by atoms with Gasteiger partial charge in [0, 0.05) is 11.6 Å². The number of benzene rings is 4. The lowest BCUT2D eigenvalue weighted by Crippen LogP contribution is -2.15. The molecule has 0 aliphatic carbocycles. The monoisotopic (exact) mass is 729 g/mol. The Morgan fingerprint density at radius 3 is 2.23 bits per heavy atom. The molecule has 0 fully saturated rings. The van der Waals surface area contributed by atoms with Crippen molar-refractivity contribution in [1.29, 1.82) is 5.26 Å². The quantitative estimate of drug-likeness (QED) is 0.103. The summed E-state index contributed by atoms with van der Waals surface area (Å²) in [4.78, 5) is 4.15. The van der Waals surface area contributed by atoms with E-state index in [4.69, 9.17) is 4.74 Å². The maximum absolute atomic E-state index is 12.3. The van der Waals surface area contributed by atoms with Gasteiger partial charge in [-0.1, -0.05) is 58.0 Å². The van der Waals surface area contributed by atoms with Crippen LogP contribution in [0.2, 0.25) is 0 Å². The van der Waals surface area contributed by atoms with E-state index in [0.29, 0.717) is 63.6 Å². The number of hydrogen-bond donors (Lipinski definition) is 2. The van der Waals surface area contributed by atoms with Crippen LogP contribution in [0.3, 0.4) is 0 Å². The van der Waals surface area contributed by atoms with Crippen LogP contribution in [0.25, 0.3) is 16.7 Å². The van der Waals surface area contributed by atoms with Gasteiger partial charge in [-0.25, -0.2) is 4.98 Å². The second-order valence-corrected chi connectivity index (χ2v) is 14.5. The molecular weight excluding hydrogens is 695 g/mol. The fourth-order valence-electron chi connectivity index (χ4n) is 5.64. The van der Waals surface area contributed by atoms with Crippen LogP contribution in [-0.2, 0) is 15.5 Å². The molecule has 2 heterocycles. The average molecular weight is 730 g/mol. The predicted octanol–water partition coefficient (Wildman–Crippen LogP) is 11.0. The van der Waals surface area contributed by atoms with Crippen molar-refractivity contribution in [2.45, 2.75) is 51.3 Å². The van der Waals surface area contributed by atoms with E-state index < -0.39 is 20.4 Å². The van der Waals surface area contributed by atoms with E-state index >= 15 is 0 Å². The Morgan fingerprint density at radius 2 is 1.53 bits per heavy atom. The number of para-hydroxylation sites is 2. The molecule has 0 aliphatic rings. The molecule has 2 N–H and O–H groups in total. The number of rotatable bonds is 10. The molecule has 0 atom stereocenters. The van der Waals surface area contributed by atoms with Crippen molar-refractivity contribution in [2.75, 3.05) is 6.61 Å². The fraction of sp³-hybridized carbons (Fsp3) is 0.211. The zero-order valence-corrected chi connectivity index (χ0v) is 30.4. The molecule has 0 radical (unpaired) electrons. The Kier molecular flexibility index (Phi) is 10.1. The maximum atomic E-state index is 12.3. The number of aryl methyl sites for hydroxylation is 1. The Bertz CT molecular complexity index is 2600. The zero-order chi connectivity index (χ0) is 37.9. The lowest BCUT2D eigenvalue weighted by molar-refractivity contribution is 0.318. The molecule has 4 aromatic carbocycles. The van der Waals surface area contributed by atoms with Gasteiger partial charge in [-0.3, -0.25) is 8.95 Å². The van der Waals surface area contributed by atoms with E-state index in [9.17, 15) is 23.3 Å². The first-order chi connectivity index (χ1) is 25.3. The fourth-order valence-corrected chi connectivity index (χ4v) is 6.28. The van der Waals surface area contributed by atoms with Gasteiger partial charge < -0.3 is 9.84 Å². The number of hydrogen-bond acceptors (Lipinski definition) is 12. The van der Waals surface area contributed by atoms with Gasteiger partial charge in [0.25, 0.3) is 10.1 Å². The predicted molar refractivity (Wildman–Crippen MR) is 200 cm³/mol.